The second-order valence-electron chi connectivity index (χ2n) is 10.2. The van der Waals surface area contributed by atoms with E-state index in [0.717, 1.165) is 33.1 Å². The standard InChI is InChI=1S/C32H28N4O3/c1-18-16-25-26(17-19(18)2)34-32(33-25)36-28(21-12-14-22(15-13-21)35(3)4)27(30(38)31(36)39)29(37)24-11-7-9-20-8-5-6-10-23(20)24/h5-17,28,37H,1-4H3,(H,33,34)/b29-27+. The van der Waals surface area contributed by atoms with E-state index in [0.29, 0.717) is 16.6 Å². The van der Waals surface area contributed by atoms with Crippen LogP contribution in [0.25, 0.3) is 27.6 Å². The van der Waals surface area contributed by atoms with Crippen molar-refractivity contribution in [2.45, 2.75) is 19.9 Å². The average Bonchev–Trinajstić information content (AvgIpc) is 3.45. The number of benzene rings is 4. The molecule has 1 unspecified atom stereocenters. The number of aromatic nitrogens is 2. The highest BCUT2D eigenvalue weighted by Crippen LogP contribution is 2.43. The van der Waals surface area contributed by atoms with Gasteiger partial charge in [-0.25, -0.2) is 4.98 Å². The molecule has 5 aromatic rings. The molecule has 1 amide bonds. The third kappa shape index (κ3) is 3.94. The minimum atomic E-state index is -0.872. The Kier molecular flexibility index (Phi) is 5.72. The van der Waals surface area contributed by atoms with Gasteiger partial charge in [-0.15, -0.1) is 0 Å². The van der Waals surface area contributed by atoms with Gasteiger partial charge < -0.3 is 15.0 Å². The van der Waals surface area contributed by atoms with E-state index >= 15 is 0 Å². The lowest BCUT2D eigenvalue weighted by atomic mass is 9.93. The van der Waals surface area contributed by atoms with Crippen LogP contribution < -0.4 is 9.80 Å². The van der Waals surface area contributed by atoms with Gasteiger partial charge in [-0.2, -0.15) is 0 Å². The Bertz CT molecular complexity index is 1770. The molecule has 7 heteroatoms. The number of nitrogens with one attached hydrogen (secondary N) is 1. The van der Waals surface area contributed by atoms with Crippen LogP contribution in [0.4, 0.5) is 11.6 Å². The van der Waals surface area contributed by atoms with Crippen molar-refractivity contribution in [1.82, 2.24) is 9.97 Å². The van der Waals surface area contributed by atoms with E-state index < -0.39 is 17.7 Å². The normalized spacial score (nSPS) is 16.9. The molecule has 0 saturated carbocycles. The lowest BCUT2D eigenvalue weighted by Gasteiger charge is -2.24. The minimum Gasteiger partial charge on any atom is -0.507 e. The minimum absolute atomic E-state index is 0.0294. The molecule has 0 aliphatic carbocycles. The number of aliphatic hydroxyl groups excluding tert-OH is 1. The average molecular weight is 517 g/mol. The number of hydrogen-bond acceptors (Lipinski definition) is 5. The highest BCUT2D eigenvalue weighted by molar-refractivity contribution is 6.51. The smallest absolute Gasteiger partial charge is 0.302 e. The third-order valence-electron chi connectivity index (χ3n) is 7.53. The molecule has 7 nitrogen and oxygen atoms in total. The quantitative estimate of drug-likeness (QED) is 0.173. The fraction of sp³-hybridized carbons (Fsp3) is 0.156. The number of aryl methyl sites for hydroxylation is 2. The first-order valence-electron chi connectivity index (χ1n) is 12.8. The maximum atomic E-state index is 13.7. The van der Waals surface area contributed by atoms with Crippen LogP contribution in [-0.2, 0) is 9.59 Å². The Hall–Kier alpha value is -4.91. The van der Waals surface area contributed by atoms with Gasteiger partial charge in [0.2, 0.25) is 5.95 Å². The van der Waals surface area contributed by atoms with Crippen LogP contribution in [0.2, 0.25) is 0 Å². The number of carbonyl (C=O) groups excluding carboxylic acids is 2. The van der Waals surface area contributed by atoms with Crippen molar-refractivity contribution in [1.29, 1.82) is 0 Å². The lowest BCUT2D eigenvalue weighted by Crippen LogP contribution is -2.30. The molecule has 2 N–H and O–H groups in total. The zero-order valence-electron chi connectivity index (χ0n) is 22.2. The number of nitrogens with zero attached hydrogens (tertiary/aromatic N) is 3. The summed E-state index contributed by atoms with van der Waals surface area (Å²) in [6, 6.07) is 23.9. The van der Waals surface area contributed by atoms with Gasteiger partial charge in [0.1, 0.15) is 5.76 Å². The van der Waals surface area contributed by atoms with Crippen molar-refractivity contribution in [3.05, 3.63) is 107 Å². The largest absolute Gasteiger partial charge is 0.507 e. The Labute approximate surface area is 226 Å². The number of hydrogen-bond donors (Lipinski definition) is 2. The fourth-order valence-electron chi connectivity index (χ4n) is 5.27. The maximum Gasteiger partial charge on any atom is 0.302 e. The predicted octanol–water partition coefficient (Wildman–Crippen LogP) is 6.03. The summed E-state index contributed by atoms with van der Waals surface area (Å²) in [5.41, 5.74) is 5.82. The first kappa shape index (κ1) is 24.4. The third-order valence-corrected chi connectivity index (χ3v) is 7.53. The summed E-state index contributed by atoms with van der Waals surface area (Å²) in [6.45, 7) is 4.02. The van der Waals surface area contributed by atoms with Crippen molar-refractivity contribution in [2.75, 3.05) is 23.9 Å². The summed E-state index contributed by atoms with van der Waals surface area (Å²) in [6.07, 6.45) is 0. The van der Waals surface area contributed by atoms with Gasteiger partial charge in [-0.05, 0) is 65.6 Å². The maximum absolute atomic E-state index is 13.7. The van der Waals surface area contributed by atoms with Crippen molar-refractivity contribution in [3.63, 3.8) is 0 Å². The van der Waals surface area contributed by atoms with Gasteiger partial charge in [0.25, 0.3) is 5.78 Å². The van der Waals surface area contributed by atoms with E-state index in [1.54, 1.807) is 6.07 Å². The molecule has 1 fully saturated rings. The van der Waals surface area contributed by atoms with Crippen LogP contribution in [0.15, 0.2) is 84.4 Å². The van der Waals surface area contributed by atoms with Gasteiger partial charge >= 0.3 is 5.91 Å². The van der Waals surface area contributed by atoms with Crippen LogP contribution in [-0.4, -0.2) is 40.9 Å². The molecule has 1 saturated heterocycles. The number of amides is 1. The zero-order chi connectivity index (χ0) is 27.4. The van der Waals surface area contributed by atoms with Gasteiger partial charge in [0, 0.05) is 25.3 Å². The lowest BCUT2D eigenvalue weighted by molar-refractivity contribution is -0.132. The second-order valence-corrected chi connectivity index (χ2v) is 10.2. The van der Waals surface area contributed by atoms with E-state index in [2.05, 4.69) is 4.98 Å². The van der Waals surface area contributed by atoms with Crippen molar-refractivity contribution >= 4 is 50.9 Å². The topological polar surface area (TPSA) is 89.5 Å². The molecule has 194 valence electrons. The molecule has 0 spiro atoms. The molecule has 1 aliphatic rings. The molecule has 39 heavy (non-hydrogen) atoms. The van der Waals surface area contributed by atoms with Crippen molar-refractivity contribution < 1.29 is 14.7 Å². The monoisotopic (exact) mass is 516 g/mol. The first-order valence-corrected chi connectivity index (χ1v) is 12.8. The Morgan fingerprint density at radius 1 is 0.923 bits per heavy atom. The van der Waals surface area contributed by atoms with E-state index in [1.165, 1.54) is 4.90 Å². The molecule has 0 radical (unpaired) electrons. The van der Waals surface area contributed by atoms with Gasteiger partial charge in [0.15, 0.2) is 0 Å². The number of ketones is 1. The number of aliphatic hydroxyl groups is 1. The summed E-state index contributed by atoms with van der Waals surface area (Å²) in [7, 11) is 3.89. The number of fused-ring (bicyclic) bond motifs is 2. The summed E-state index contributed by atoms with van der Waals surface area (Å²) < 4.78 is 0. The SMILES string of the molecule is Cc1cc2nc(N3C(=O)C(=O)/C(=C(/O)c4cccc5ccccc45)C3c3ccc(N(C)C)cc3)[nH]c2cc1C. The highest BCUT2D eigenvalue weighted by atomic mass is 16.3. The Balaban J connectivity index is 1.59. The summed E-state index contributed by atoms with van der Waals surface area (Å²) in [4.78, 5) is 38.6. The summed E-state index contributed by atoms with van der Waals surface area (Å²) >= 11 is 0. The van der Waals surface area contributed by atoms with Crippen molar-refractivity contribution in [3.8, 4) is 0 Å². The number of Topliss-reactive ketones (excluding diaryl/α,β-unsaturated/α-hetero) is 1. The molecule has 0 bridgehead atoms. The number of carbonyl (C=O) groups is 2. The number of imidazole rings is 1. The fourth-order valence-corrected chi connectivity index (χ4v) is 5.27. The predicted molar refractivity (Wildman–Crippen MR) is 155 cm³/mol. The van der Waals surface area contributed by atoms with Crippen molar-refractivity contribution in [2.24, 2.45) is 0 Å². The number of H-pyrrole nitrogens is 1. The van der Waals surface area contributed by atoms with Crippen LogP contribution in [0.3, 0.4) is 0 Å². The van der Waals surface area contributed by atoms with E-state index in [9.17, 15) is 14.7 Å². The first-order chi connectivity index (χ1) is 18.7. The van der Waals surface area contributed by atoms with E-state index in [-0.39, 0.29) is 17.3 Å². The highest BCUT2D eigenvalue weighted by Gasteiger charge is 2.48. The van der Waals surface area contributed by atoms with Gasteiger partial charge in [0.05, 0.1) is 22.6 Å². The number of rotatable bonds is 4. The molecule has 1 aliphatic heterocycles. The molecule has 1 atom stereocenters. The van der Waals surface area contributed by atoms with Crippen LogP contribution in [0, 0.1) is 13.8 Å². The van der Waals surface area contributed by atoms with Crippen LogP contribution in [0.1, 0.15) is 28.3 Å². The number of anilines is 2. The molecule has 2 heterocycles. The molecule has 4 aromatic carbocycles. The number of aromatic amines is 1. The zero-order valence-corrected chi connectivity index (χ0v) is 22.2. The molecular formula is C32H28N4O3. The Morgan fingerprint density at radius 2 is 1.62 bits per heavy atom. The Morgan fingerprint density at radius 3 is 2.36 bits per heavy atom. The molecule has 6 rings (SSSR count). The second kappa shape index (κ2) is 9.13. The summed E-state index contributed by atoms with van der Waals surface area (Å²) in [5.74, 6) is -1.45. The molecular weight excluding hydrogens is 488 g/mol. The molecule has 1 aromatic heterocycles. The summed E-state index contributed by atoms with van der Waals surface area (Å²) in [5, 5.41) is 13.4. The van der Waals surface area contributed by atoms with Crippen LogP contribution in [0.5, 0.6) is 0 Å². The van der Waals surface area contributed by atoms with Crippen LogP contribution >= 0.6 is 0 Å². The van der Waals surface area contributed by atoms with Gasteiger partial charge in [-0.3, -0.25) is 14.5 Å². The van der Waals surface area contributed by atoms with E-state index in [4.69, 9.17) is 4.98 Å². The van der Waals surface area contributed by atoms with Gasteiger partial charge in [-0.1, -0.05) is 54.6 Å². The van der Waals surface area contributed by atoms with E-state index in [1.807, 2.05) is 106 Å².